The minimum atomic E-state index is -0.396. The molecule has 2 nitrogen and oxygen atoms in total. The van der Waals surface area contributed by atoms with Gasteiger partial charge in [-0.15, -0.1) is 12.6 Å². The van der Waals surface area contributed by atoms with Crippen molar-refractivity contribution >= 4 is 30.2 Å². The number of esters is 1. The largest absolute Gasteiger partial charge is 0.462 e. The Labute approximate surface area is 93.6 Å². The molecule has 0 spiro atoms. The normalized spacial score (nSPS) is 9.93. The van der Waals surface area contributed by atoms with Crippen LogP contribution in [0.1, 0.15) is 23.7 Å². The Morgan fingerprint density at radius 2 is 2.29 bits per heavy atom. The average Bonchev–Trinajstić information content (AvgIpc) is 2.18. The third kappa shape index (κ3) is 2.93. The maximum absolute atomic E-state index is 11.4. The maximum Gasteiger partial charge on any atom is 0.339 e. The van der Waals surface area contributed by atoms with E-state index in [1.165, 1.54) is 0 Å². The average molecular weight is 231 g/mol. The van der Waals surface area contributed by atoms with Gasteiger partial charge in [-0.3, -0.25) is 0 Å². The van der Waals surface area contributed by atoms with Gasteiger partial charge in [-0.1, -0.05) is 18.5 Å². The molecule has 0 heterocycles. The van der Waals surface area contributed by atoms with E-state index in [1.54, 1.807) is 18.2 Å². The van der Waals surface area contributed by atoms with E-state index in [0.717, 1.165) is 6.42 Å². The van der Waals surface area contributed by atoms with Gasteiger partial charge < -0.3 is 4.74 Å². The van der Waals surface area contributed by atoms with Crippen LogP contribution in [0, 0.1) is 0 Å². The molecule has 0 aliphatic rings. The quantitative estimate of drug-likeness (QED) is 0.638. The lowest BCUT2D eigenvalue weighted by atomic mass is 10.2. The van der Waals surface area contributed by atoms with Crippen LogP contribution in [-0.4, -0.2) is 12.6 Å². The van der Waals surface area contributed by atoms with Crippen LogP contribution in [0.3, 0.4) is 0 Å². The minimum absolute atomic E-state index is 0.368. The molecule has 0 saturated carbocycles. The van der Waals surface area contributed by atoms with Crippen LogP contribution in [0.4, 0.5) is 0 Å². The minimum Gasteiger partial charge on any atom is -0.462 e. The van der Waals surface area contributed by atoms with Crippen molar-refractivity contribution in [1.82, 2.24) is 0 Å². The Balaban J connectivity index is 2.83. The Morgan fingerprint density at radius 1 is 1.57 bits per heavy atom. The lowest BCUT2D eigenvalue weighted by Gasteiger charge is -2.05. The fourth-order valence-corrected chi connectivity index (χ4v) is 1.34. The first-order chi connectivity index (χ1) is 6.65. The molecule has 1 aromatic rings. The highest BCUT2D eigenvalue weighted by molar-refractivity contribution is 7.80. The smallest absolute Gasteiger partial charge is 0.339 e. The predicted molar refractivity (Wildman–Crippen MR) is 59.3 cm³/mol. The summed E-state index contributed by atoms with van der Waals surface area (Å²) < 4.78 is 4.96. The van der Waals surface area contributed by atoms with Gasteiger partial charge in [0.15, 0.2) is 0 Å². The molecule has 14 heavy (non-hydrogen) atoms. The summed E-state index contributed by atoms with van der Waals surface area (Å²) >= 11 is 9.96. The van der Waals surface area contributed by atoms with Crippen LogP contribution in [0.15, 0.2) is 23.1 Å². The van der Waals surface area contributed by atoms with E-state index >= 15 is 0 Å². The molecule has 0 aliphatic heterocycles. The van der Waals surface area contributed by atoms with E-state index in [9.17, 15) is 4.79 Å². The van der Waals surface area contributed by atoms with Gasteiger partial charge >= 0.3 is 5.97 Å². The number of thiol groups is 1. The third-order valence-electron chi connectivity index (χ3n) is 1.61. The number of hydrogen-bond donors (Lipinski definition) is 1. The van der Waals surface area contributed by atoms with E-state index in [1.807, 2.05) is 6.92 Å². The van der Waals surface area contributed by atoms with Gasteiger partial charge in [0, 0.05) is 4.90 Å². The Morgan fingerprint density at radius 3 is 2.93 bits per heavy atom. The molecule has 0 aromatic heterocycles. The fraction of sp³-hybridized carbons (Fsp3) is 0.300. The molecule has 0 unspecified atom stereocenters. The highest BCUT2D eigenvalue weighted by Crippen LogP contribution is 2.20. The Kier molecular flexibility index (Phi) is 4.29. The third-order valence-corrected chi connectivity index (χ3v) is 2.21. The van der Waals surface area contributed by atoms with Crippen molar-refractivity contribution in [2.45, 2.75) is 18.2 Å². The summed E-state index contributed by atoms with van der Waals surface area (Å²) in [7, 11) is 0. The fourth-order valence-electron chi connectivity index (χ4n) is 0.942. The van der Waals surface area contributed by atoms with Gasteiger partial charge in [0.1, 0.15) is 0 Å². The van der Waals surface area contributed by atoms with E-state index in [2.05, 4.69) is 12.6 Å². The van der Waals surface area contributed by atoms with Gasteiger partial charge in [-0.25, -0.2) is 4.79 Å². The number of hydrogen-bond acceptors (Lipinski definition) is 3. The van der Waals surface area contributed by atoms with E-state index < -0.39 is 5.97 Å². The molecule has 4 heteroatoms. The van der Waals surface area contributed by atoms with E-state index in [-0.39, 0.29) is 0 Å². The highest BCUT2D eigenvalue weighted by Gasteiger charge is 2.11. The van der Waals surface area contributed by atoms with E-state index in [0.29, 0.717) is 22.1 Å². The number of halogens is 1. The first kappa shape index (κ1) is 11.4. The first-order valence-electron chi connectivity index (χ1n) is 4.30. The lowest BCUT2D eigenvalue weighted by molar-refractivity contribution is 0.0505. The molecule has 0 N–H and O–H groups in total. The molecule has 0 atom stereocenters. The van der Waals surface area contributed by atoms with Crippen LogP contribution in [0.25, 0.3) is 0 Å². The van der Waals surface area contributed by atoms with Gasteiger partial charge in [0.25, 0.3) is 0 Å². The van der Waals surface area contributed by atoms with Crippen LogP contribution in [0.2, 0.25) is 5.02 Å². The molecule has 0 fully saturated rings. The van der Waals surface area contributed by atoms with Crippen molar-refractivity contribution < 1.29 is 9.53 Å². The van der Waals surface area contributed by atoms with Gasteiger partial charge in [0.2, 0.25) is 0 Å². The number of ether oxygens (including phenoxy) is 1. The maximum atomic E-state index is 11.4. The summed E-state index contributed by atoms with van der Waals surface area (Å²) in [4.78, 5) is 12.1. The summed E-state index contributed by atoms with van der Waals surface area (Å²) in [6, 6.07) is 4.96. The monoisotopic (exact) mass is 230 g/mol. The Bertz CT molecular complexity index is 339. The lowest BCUT2D eigenvalue weighted by Crippen LogP contribution is -2.06. The van der Waals surface area contributed by atoms with Crippen molar-refractivity contribution in [3.05, 3.63) is 28.8 Å². The Hall–Kier alpha value is -0.670. The van der Waals surface area contributed by atoms with Crippen LogP contribution < -0.4 is 0 Å². The first-order valence-corrected chi connectivity index (χ1v) is 5.13. The number of carbonyl (C=O) groups is 1. The summed E-state index contributed by atoms with van der Waals surface area (Å²) in [5.41, 5.74) is 0.368. The molecule has 0 amide bonds. The summed E-state index contributed by atoms with van der Waals surface area (Å²) in [6.45, 7) is 2.34. The summed E-state index contributed by atoms with van der Waals surface area (Å²) in [6.07, 6.45) is 0.796. The van der Waals surface area contributed by atoms with Crippen molar-refractivity contribution in [3.63, 3.8) is 0 Å². The van der Waals surface area contributed by atoms with Gasteiger partial charge in [0.05, 0.1) is 17.2 Å². The molecule has 0 bridgehead atoms. The second-order valence-electron chi connectivity index (χ2n) is 2.80. The standard InChI is InChI=1S/C10H11ClO2S/c1-2-5-13-10(12)8-6-7(14)3-4-9(8)11/h3-4,6,14H,2,5H2,1H3. The number of rotatable bonds is 3. The molecule has 0 aliphatic carbocycles. The molecular formula is C10H11ClO2S. The molecule has 1 aromatic carbocycles. The van der Waals surface area contributed by atoms with Crippen LogP contribution >= 0.6 is 24.2 Å². The van der Waals surface area contributed by atoms with Crippen molar-refractivity contribution in [2.24, 2.45) is 0 Å². The summed E-state index contributed by atoms with van der Waals surface area (Å²) in [5.74, 6) is -0.396. The van der Waals surface area contributed by atoms with Crippen LogP contribution in [0.5, 0.6) is 0 Å². The second-order valence-corrected chi connectivity index (χ2v) is 3.72. The molecule has 0 saturated heterocycles. The van der Waals surface area contributed by atoms with Gasteiger partial charge in [-0.05, 0) is 24.6 Å². The van der Waals surface area contributed by atoms with Crippen molar-refractivity contribution in [3.8, 4) is 0 Å². The van der Waals surface area contributed by atoms with Crippen LogP contribution in [-0.2, 0) is 4.74 Å². The zero-order valence-electron chi connectivity index (χ0n) is 7.79. The highest BCUT2D eigenvalue weighted by atomic mass is 35.5. The van der Waals surface area contributed by atoms with E-state index in [4.69, 9.17) is 16.3 Å². The molecular weight excluding hydrogens is 220 g/mol. The zero-order valence-corrected chi connectivity index (χ0v) is 9.44. The second kappa shape index (κ2) is 5.27. The van der Waals surface area contributed by atoms with Gasteiger partial charge in [-0.2, -0.15) is 0 Å². The van der Waals surface area contributed by atoms with Crippen molar-refractivity contribution in [1.29, 1.82) is 0 Å². The predicted octanol–water partition coefficient (Wildman–Crippen LogP) is 3.20. The zero-order chi connectivity index (χ0) is 10.6. The summed E-state index contributed by atoms with van der Waals surface area (Å²) in [5, 5.41) is 0.393. The van der Waals surface area contributed by atoms with Crippen molar-refractivity contribution in [2.75, 3.05) is 6.61 Å². The topological polar surface area (TPSA) is 26.3 Å². The number of benzene rings is 1. The molecule has 76 valence electrons. The number of carbonyl (C=O) groups excluding carboxylic acids is 1. The SMILES string of the molecule is CCCOC(=O)c1cc(S)ccc1Cl. The molecule has 0 radical (unpaired) electrons. The molecule has 1 rings (SSSR count).